The van der Waals surface area contributed by atoms with Gasteiger partial charge in [-0.1, -0.05) is 6.58 Å². The Morgan fingerprint density at radius 1 is 1.07 bits per heavy atom. The van der Waals surface area contributed by atoms with E-state index in [0.29, 0.717) is 25.9 Å². The Kier molecular flexibility index (Phi) is 5.23. The topological polar surface area (TPSA) is 80.1 Å². The van der Waals surface area contributed by atoms with Crippen molar-refractivity contribution in [3.63, 3.8) is 0 Å². The van der Waals surface area contributed by atoms with Gasteiger partial charge in [0.1, 0.15) is 5.82 Å². The lowest BCUT2D eigenvalue weighted by Gasteiger charge is -2.30. The highest BCUT2D eigenvalue weighted by molar-refractivity contribution is 5.93. The standard InChI is InChI=1S/C21H25N5O2/c1-2-19(27)25-13-10-16(11-14-25)21(28)22-17-8-6-15(7-9-17)20-24-23-18-5-3-4-12-26(18)20/h2,6-9,16H,1,3-5,10-14H2,(H,22,28). The van der Waals surface area contributed by atoms with Crippen LogP contribution in [-0.2, 0) is 22.6 Å². The molecule has 2 amide bonds. The van der Waals surface area contributed by atoms with Crippen molar-refractivity contribution in [3.05, 3.63) is 42.7 Å². The van der Waals surface area contributed by atoms with E-state index in [1.54, 1.807) is 4.90 Å². The van der Waals surface area contributed by atoms with Crippen LogP contribution in [0.2, 0.25) is 0 Å². The second-order valence-electron chi connectivity index (χ2n) is 7.42. The van der Waals surface area contributed by atoms with Gasteiger partial charge in [0.15, 0.2) is 5.82 Å². The smallest absolute Gasteiger partial charge is 0.245 e. The number of piperidine rings is 1. The van der Waals surface area contributed by atoms with Gasteiger partial charge < -0.3 is 14.8 Å². The largest absolute Gasteiger partial charge is 0.339 e. The summed E-state index contributed by atoms with van der Waals surface area (Å²) in [5, 5.41) is 11.6. The number of amides is 2. The predicted molar refractivity (Wildman–Crippen MR) is 107 cm³/mol. The Bertz CT molecular complexity index is 879. The molecule has 0 bridgehead atoms. The van der Waals surface area contributed by atoms with Crippen LogP contribution in [0.3, 0.4) is 0 Å². The van der Waals surface area contributed by atoms with Gasteiger partial charge in [-0.15, -0.1) is 10.2 Å². The maximum absolute atomic E-state index is 12.6. The van der Waals surface area contributed by atoms with E-state index in [-0.39, 0.29) is 17.7 Å². The molecule has 2 aliphatic rings. The summed E-state index contributed by atoms with van der Waals surface area (Å²) in [7, 11) is 0. The van der Waals surface area contributed by atoms with Gasteiger partial charge in [-0.25, -0.2) is 0 Å². The second-order valence-corrected chi connectivity index (χ2v) is 7.42. The van der Waals surface area contributed by atoms with Crippen molar-refractivity contribution in [1.29, 1.82) is 0 Å². The van der Waals surface area contributed by atoms with Crippen LogP contribution in [0.5, 0.6) is 0 Å². The third kappa shape index (κ3) is 3.69. The van der Waals surface area contributed by atoms with E-state index in [9.17, 15) is 9.59 Å². The Labute approximate surface area is 164 Å². The number of fused-ring (bicyclic) bond motifs is 1. The van der Waals surface area contributed by atoms with E-state index < -0.39 is 0 Å². The zero-order valence-electron chi connectivity index (χ0n) is 15.9. The molecule has 1 fully saturated rings. The van der Waals surface area contributed by atoms with Crippen molar-refractivity contribution < 1.29 is 9.59 Å². The molecule has 1 saturated heterocycles. The van der Waals surface area contributed by atoms with E-state index in [0.717, 1.165) is 42.3 Å². The highest BCUT2D eigenvalue weighted by Crippen LogP contribution is 2.25. The molecule has 1 aromatic carbocycles. The third-order valence-corrected chi connectivity index (χ3v) is 5.62. The van der Waals surface area contributed by atoms with Crippen molar-refractivity contribution in [1.82, 2.24) is 19.7 Å². The Balaban J connectivity index is 1.37. The van der Waals surface area contributed by atoms with Crippen LogP contribution < -0.4 is 5.32 Å². The minimum atomic E-state index is -0.0722. The van der Waals surface area contributed by atoms with E-state index in [1.165, 1.54) is 12.5 Å². The summed E-state index contributed by atoms with van der Waals surface area (Å²) < 4.78 is 2.19. The highest BCUT2D eigenvalue weighted by Gasteiger charge is 2.26. The number of hydrogen-bond donors (Lipinski definition) is 1. The molecule has 0 atom stereocenters. The number of benzene rings is 1. The van der Waals surface area contributed by atoms with E-state index in [2.05, 4.69) is 26.7 Å². The first kappa shape index (κ1) is 18.4. The van der Waals surface area contributed by atoms with Crippen LogP contribution in [0.15, 0.2) is 36.9 Å². The average Bonchev–Trinajstić information content (AvgIpc) is 3.18. The predicted octanol–water partition coefficient (Wildman–Crippen LogP) is 2.64. The lowest BCUT2D eigenvalue weighted by Crippen LogP contribution is -2.40. The fourth-order valence-electron chi connectivity index (χ4n) is 3.96. The molecule has 7 nitrogen and oxygen atoms in total. The quantitative estimate of drug-likeness (QED) is 0.828. The molecule has 0 unspecified atom stereocenters. The van der Waals surface area contributed by atoms with Crippen LogP contribution in [0.1, 0.15) is 31.5 Å². The number of aryl methyl sites for hydroxylation is 1. The summed E-state index contributed by atoms with van der Waals surface area (Å²) in [5.41, 5.74) is 1.78. The van der Waals surface area contributed by atoms with Crippen molar-refractivity contribution in [3.8, 4) is 11.4 Å². The number of rotatable bonds is 4. The van der Waals surface area contributed by atoms with Gasteiger partial charge >= 0.3 is 0 Å². The molecule has 1 aromatic heterocycles. The van der Waals surface area contributed by atoms with Gasteiger partial charge in [-0.3, -0.25) is 9.59 Å². The number of aromatic nitrogens is 3. The minimum Gasteiger partial charge on any atom is -0.339 e. The highest BCUT2D eigenvalue weighted by atomic mass is 16.2. The van der Waals surface area contributed by atoms with E-state index in [4.69, 9.17) is 0 Å². The fraction of sp³-hybridized carbons (Fsp3) is 0.429. The molecule has 146 valence electrons. The summed E-state index contributed by atoms with van der Waals surface area (Å²) in [6.07, 6.45) is 5.99. The van der Waals surface area contributed by atoms with Crippen LogP contribution >= 0.6 is 0 Å². The number of nitrogens with zero attached hydrogens (tertiary/aromatic N) is 4. The average molecular weight is 379 g/mol. The third-order valence-electron chi connectivity index (χ3n) is 5.62. The molecule has 0 saturated carbocycles. The van der Waals surface area contributed by atoms with Crippen molar-refractivity contribution in [2.75, 3.05) is 18.4 Å². The van der Waals surface area contributed by atoms with Gasteiger partial charge in [0, 0.05) is 43.2 Å². The molecule has 3 heterocycles. The Morgan fingerprint density at radius 2 is 1.82 bits per heavy atom. The number of hydrogen-bond acceptors (Lipinski definition) is 4. The molecule has 28 heavy (non-hydrogen) atoms. The van der Waals surface area contributed by atoms with Crippen LogP contribution in [-0.4, -0.2) is 44.6 Å². The Morgan fingerprint density at radius 3 is 2.54 bits per heavy atom. The zero-order chi connectivity index (χ0) is 19.5. The maximum Gasteiger partial charge on any atom is 0.245 e. The molecule has 0 radical (unpaired) electrons. The number of anilines is 1. The fourth-order valence-corrected chi connectivity index (χ4v) is 3.96. The first-order chi connectivity index (χ1) is 13.7. The molecule has 2 aromatic rings. The first-order valence-electron chi connectivity index (χ1n) is 9.90. The number of carbonyl (C=O) groups is 2. The molecule has 2 aliphatic heterocycles. The lowest BCUT2D eigenvalue weighted by atomic mass is 9.95. The zero-order valence-corrected chi connectivity index (χ0v) is 15.9. The normalized spacial score (nSPS) is 17.1. The van der Waals surface area contributed by atoms with Gasteiger partial charge in [-0.05, 0) is 56.0 Å². The second kappa shape index (κ2) is 7.96. The lowest BCUT2D eigenvalue weighted by molar-refractivity contribution is -0.130. The minimum absolute atomic E-state index is 0.0123. The summed E-state index contributed by atoms with van der Waals surface area (Å²) in [6, 6.07) is 7.78. The van der Waals surface area contributed by atoms with Crippen LogP contribution in [0, 0.1) is 5.92 Å². The SMILES string of the molecule is C=CC(=O)N1CCC(C(=O)Nc2ccc(-c3nnc4n3CCCC4)cc2)CC1. The maximum atomic E-state index is 12.6. The van der Waals surface area contributed by atoms with Gasteiger partial charge in [0.2, 0.25) is 11.8 Å². The van der Waals surface area contributed by atoms with Gasteiger partial charge in [-0.2, -0.15) is 0 Å². The van der Waals surface area contributed by atoms with Crippen molar-refractivity contribution in [2.45, 2.75) is 38.6 Å². The van der Waals surface area contributed by atoms with Crippen molar-refractivity contribution >= 4 is 17.5 Å². The van der Waals surface area contributed by atoms with Crippen molar-refractivity contribution in [2.24, 2.45) is 5.92 Å². The molecule has 1 N–H and O–H groups in total. The number of likely N-dealkylation sites (tertiary alicyclic amines) is 1. The first-order valence-corrected chi connectivity index (χ1v) is 9.90. The summed E-state index contributed by atoms with van der Waals surface area (Å²) in [4.78, 5) is 25.9. The van der Waals surface area contributed by atoms with Crippen LogP contribution in [0.25, 0.3) is 11.4 Å². The van der Waals surface area contributed by atoms with Crippen LogP contribution in [0.4, 0.5) is 5.69 Å². The Hall–Kier alpha value is -2.96. The van der Waals surface area contributed by atoms with Gasteiger partial charge in [0.05, 0.1) is 0 Å². The monoisotopic (exact) mass is 379 g/mol. The van der Waals surface area contributed by atoms with E-state index >= 15 is 0 Å². The number of nitrogens with one attached hydrogen (secondary N) is 1. The molecule has 0 spiro atoms. The molecular weight excluding hydrogens is 354 g/mol. The molecule has 0 aliphatic carbocycles. The number of carbonyl (C=O) groups excluding carboxylic acids is 2. The summed E-state index contributed by atoms with van der Waals surface area (Å²) in [6.45, 7) is 5.67. The molecule has 7 heteroatoms. The van der Waals surface area contributed by atoms with Gasteiger partial charge in [0.25, 0.3) is 0 Å². The summed E-state index contributed by atoms with van der Waals surface area (Å²) in [5.74, 6) is 1.83. The van der Waals surface area contributed by atoms with E-state index in [1.807, 2.05) is 24.3 Å². The molecule has 4 rings (SSSR count). The summed E-state index contributed by atoms with van der Waals surface area (Å²) >= 11 is 0. The molecular formula is C21H25N5O2.